The van der Waals surface area contributed by atoms with Gasteiger partial charge < -0.3 is 9.73 Å². The highest BCUT2D eigenvalue weighted by molar-refractivity contribution is 5.23. The Morgan fingerprint density at radius 2 is 1.85 bits per heavy atom. The zero-order valence-electron chi connectivity index (χ0n) is 14.2. The van der Waals surface area contributed by atoms with Crippen molar-refractivity contribution in [1.29, 1.82) is 0 Å². The standard InChI is InChI=1S/C10H19NO.C6H10.C2H6/c1-3-10(4-7-11-2)5-8-12-9-6-10;1-3-5-6-4-2;1-2/h2-9H2,1H3;3-4,6H,1,5H2,2H3;1-2H3/b;6-4-;. The van der Waals surface area contributed by atoms with Gasteiger partial charge in [-0.15, -0.1) is 6.58 Å². The highest BCUT2D eigenvalue weighted by Gasteiger charge is 2.29. The molecule has 0 spiro atoms. The lowest BCUT2D eigenvalue weighted by Crippen LogP contribution is -2.29. The number of rotatable bonds is 6. The molecule has 0 N–H and O–H groups in total. The minimum atomic E-state index is 0.513. The van der Waals surface area contributed by atoms with E-state index in [0.717, 1.165) is 26.2 Å². The van der Waals surface area contributed by atoms with Crippen LogP contribution in [0.4, 0.5) is 0 Å². The lowest BCUT2D eigenvalue weighted by Gasteiger charge is -2.36. The summed E-state index contributed by atoms with van der Waals surface area (Å²) in [6, 6.07) is 0. The molecule has 118 valence electrons. The molecule has 0 aliphatic carbocycles. The zero-order valence-corrected chi connectivity index (χ0v) is 14.2. The number of hydrogen-bond acceptors (Lipinski definition) is 2. The number of nitrogens with zero attached hydrogens (tertiary/aromatic N) is 1. The van der Waals surface area contributed by atoms with Gasteiger partial charge in [-0.3, -0.25) is 0 Å². The van der Waals surface area contributed by atoms with Crippen LogP contribution in [0.2, 0.25) is 0 Å². The molecule has 1 aliphatic rings. The number of hydrogen-bond donors (Lipinski definition) is 0. The van der Waals surface area contributed by atoms with Gasteiger partial charge >= 0.3 is 0 Å². The van der Waals surface area contributed by atoms with E-state index in [2.05, 4.69) is 31.3 Å². The molecular formula is C18H35NO. The Labute approximate surface area is 127 Å². The molecule has 0 radical (unpaired) electrons. The molecule has 1 heterocycles. The van der Waals surface area contributed by atoms with Crippen molar-refractivity contribution in [2.75, 3.05) is 19.8 Å². The van der Waals surface area contributed by atoms with Crippen molar-refractivity contribution in [3.63, 3.8) is 0 Å². The van der Waals surface area contributed by atoms with Crippen molar-refractivity contribution in [3.8, 4) is 0 Å². The molecule has 0 amide bonds. The third kappa shape index (κ3) is 11.0. The predicted octanol–water partition coefficient (Wildman–Crippen LogP) is 5.45. The Morgan fingerprint density at radius 3 is 2.20 bits per heavy atom. The molecule has 0 aromatic carbocycles. The summed E-state index contributed by atoms with van der Waals surface area (Å²) in [6.07, 6.45) is 11.8. The van der Waals surface area contributed by atoms with Crippen molar-refractivity contribution in [3.05, 3.63) is 24.8 Å². The molecule has 0 bridgehead atoms. The normalized spacial score (nSPS) is 16.4. The second-order valence-electron chi connectivity index (χ2n) is 4.76. The average Bonchev–Trinajstić information content (AvgIpc) is 2.54. The van der Waals surface area contributed by atoms with Crippen LogP contribution in [0.1, 0.15) is 59.8 Å². The fourth-order valence-electron chi connectivity index (χ4n) is 2.13. The van der Waals surface area contributed by atoms with E-state index in [1.165, 1.54) is 25.7 Å². The Morgan fingerprint density at radius 1 is 1.25 bits per heavy atom. The van der Waals surface area contributed by atoms with Crippen LogP contribution in [0.25, 0.3) is 0 Å². The summed E-state index contributed by atoms with van der Waals surface area (Å²) in [5.74, 6) is 0. The lowest BCUT2D eigenvalue weighted by molar-refractivity contribution is 0.00943. The molecule has 1 fully saturated rings. The zero-order chi connectivity index (χ0) is 15.7. The van der Waals surface area contributed by atoms with Crippen molar-refractivity contribution in [1.82, 2.24) is 0 Å². The van der Waals surface area contributed by atoms with E-state index in [-0.39, 0.29) is 0 Å². The number of ether oxygens (including phenoxy) is 1. The van der Waals surface area contributed by atoms with Crippen LogP contribution in [0.15, 0.2) is 29.8 Å². The van der Waals surface area contributed by atoms with E-state index in [1.807, 2.05) is 32.9 Å². The van der Waals surface area contributed by atoms with Crippen LogP contribution in [-0.2, 0) is 4.74 Å². The fourth-order valence-corrected chi connectivity index (χ4v) is 2.13. The first kappa shape index (κ1) is 21.4. The number of aliphatic imine (C=N–C) groups is 1. The fraction of sp³-hybridized carbons (Fsp3) is 0.722. The third-order valence-corrected chi connectivity index (χ3v) is 3.64. The molecule has 0 unspecified atom stereocenters. The van der Waals surface area contributed by atoms with Crippen LogP contribution < -0.4 is 0 Å². The Kier molecular flexibility index (Phi) is 17.3. The Bertz CT molecular complexity index is 240. The smallest absolute Gasteiger partial charge is 0.0471 e. The summed E-state index contributed by atoms with van der Waals surface area (Å²) < 4.78 is 5.36. The summed E-state index contributed by atoms with van der Waals surface area (Å²) in [6.45, 7) is 18.1. The molecular weight excluding hydrogens is 246 g/mol. The predicted molar refractivity (Wildman–Crippen MR) is 92.8 cm³/mol. The summed E-state index contributed by atoms with van der Waals surface area (Å²) in [7, 11) is 0. The average molecular weight is 281 g/mol. The molecule has 2 heteroatoms. The second kappa shape index (κ2) is 16.2. The van der Waals surface area contributed by atoms with Gasteiger partial charge in [-0.25, -0.2) is 0 Å². The summed E-state index contributed by atoms with van der Waals surface area (Å²) in [5.41, 5.74) is 0.513. The first-order valence-electron chi connectivity index (χ1n) is 7.97. The van der Waals surface area contributed by atoms with Crippen LogP contribution in [-0.4, -0.2) is 26.5 Å². The maximum Gasteiger partial charge on any atom is 0.0471 e. The quantitative estimate of drug-likeness (QED) is 0.468. The number of allylic oxidation sites excluding steroid dienone is 3. The minimum Gasteiger partial charge on any atom is -0.381 e. The molecule has 2 nitrogen and oxygen atoms in total. The van der Waals surface area contributed by atoms with Gasteiger partial charge in [0.05, 0.1) is 0 Å². The summed E-state index contributed by atoms with van der Waals surface area (Å²) >= 11 is 0. The van der Waals surface area contributed by atoms with E-state index in [9.17, 15) is 0 Å². The van der Waals surface area contributed by atoms with Gasteiger partial charge in [-0.2, -0.15) is 0 Å². The largest absolute Gasteiger partial charge is 0.381 e. The molecule has 0 aromatic heterocycles. The Balaban J connectivity index is 0. The van der Waals surface area contributed by atoms with Crippen LogP contribution in [0.3, 0.4) is 0 Å². The Hall–Kier alpha value is -0.890. The van der Waals surface area contributed by atoms with Gasteiger partial charge in [0.15, 0.2) is 0 Å². The first-order valence-corrected chi connectivity index (χ1v) is 7.97. The molecule has 0 aromatic rings. The van der Waals surface area contributed by atoms with Crippen LogP contribution >= 0.6 is 0 Å². The third-order valence-electron chi connectivity index (χ3n) is 3.64. The highest BCUT2D eigenvalue weighted by atomic mass is 16.5. The molecule has 1 saturated heterocycles. The van der Waals surface area contributed by atoms with Crippen LogP contribution in [0.5, 0.6) is 0 Å². The molecule has 0 atom stereocenters. The first-order chi connectivity index (χ1) is 9.74. The molecule has 0 saturated carbocycles. The van der Waals surface area contributed by atoms with E-state index in [1.54, 1.807) is 0 Å². The maximum atomic E-state index is 5.36. The van der Waals surface area contributed by atoms with Gasteiger partial charge in [0.2, 0.25) is 0 Å². The SMILES string of the molecule is C=CC/C=C\C.C=NCCC1(CC)CCOCC1.CC. The molecule has 20 heavy (non-hydrogen) atoms. The molecule has 1 rings (SSSR count). The second-order valence-corrected chi connectivity index (χ2v) is 4.76. The van der Waals surface area contributed by atoms with E-state index in [4.69, 9.17) is 4.74 Å². The van der Waals surface area contributed by atoms with Gasteiger partial charge in [0.25, 0.3) is 0 Å². The lowest BCUT2D eigenvalue weighted by atomic mass is 9.75. The van der Waals surface area contributed by atoms with Crippen molar-refractivity contribution >= 4 is 6.72 Å². The van der Waals surface area contributed by atoms with Crippen molar-refractivity contribution < 1.29 is 4.74 Å². The van der Waals surface area contributed by atoms with E-state index < -0.39 is 0 Å². The van der Waals surface area contributed by atoms with Gasteiger partial charge in [0.1, 0.15) is 0 Å². The summed E-state index contributed by atoms with van der Waals surface area (Å²) in [5, 5.41) is 0. The maximum absolute atomic E-state index is 5.36. The van der Waals surface area contributed by atoms with Gasteiger partial charge in [-0.1, -0.05) is 45.4 Å². The van der Waals surface area contributed by atoms with Gasteiger partial charge in [-0.05, 0) is 44.7 Å². The van der Waals surface area contributed by atoms with E-state index >= 15 is 0 Å². The topological polar surface area (TPSA) is 21.6 Å². The van der Waals surface area contributed by atoms with E-state index in [0.29, 0.717) is 5.41 Å². The van der Waals surface area contributed by atoms with Crippen molar-refractivity contribution in [2.45, 2.75) is 59.8 Å². The summed E-state index contributed by atoms with van der Waals surface area (Å²) in [4.78, 5) is 3.93. The monoisotopic (exact) mass is 281 g/mol. The minimum absolute atomic E-state index is 0.513. The van der Waals surface area contributed by atoms with Crippen LogP contribution in [0, 0.1) is 5.41 Å². The molecule has 1 aliphatic heterocycles. The van der Waals surface area contributed by atoms with Crippen molar-refractivity contribution in [2.24, 2.45) is 10.4 Å². The van der Waals surface area contributed by atoms with Gasteiger partial charge in [0, 0.05) is 19.8 Å². The highest BCUT2D eigenvalue weighted by Crippen LogP contribution is 2.37.